The van der Waals surface area contributed by atoms with Gasteiger partial charge in [-0.05, 0) is 6.07 Å². The van der Waals surface area contributed by atoms with Gasteiger partial charge in [0.1, 0.15) is 11.6 Å². The van der Waals surface area contributed by atoms with Crippen LogP contribution in [0.15, 0.2) is 12.3 Å². The lowest BCUT2D eigenvalue weighted by Crippen LogP contribution is -2.26. The number of amides is 1. The standard InChI is InChI=1S/C14H11F3N4O/c1-7(22)19-2-3-20-13-8(5-18)6-21-14-9(13)4-10(15)11(16)12(14)17/h4,6H,2-3H2,1H3,(H,19,22)(H,20,21). The van der Waals surface area contributed by atoms with Crippen LogP contribution in [0.5, 0.6) is 0 Å². The Morgan fingerprint density at radius 2 is 2.05 bits per heavy atom. The Morgan fingerprint density at radius 1 is 1.32 bits per heavy atom. The molecule has 0 aliphatic rings. The van der Waals surface area contributed by atoms with E-state index in [1.54, 1.807) is 0 Å². The van der Waals surface area contributed by atoms with Gasteiger partial charge in [0.05, 0.1) is 11.3 Å². The highest BCUT2D eigenvalue weighted by Crippen LogP contribution is 2.29. The van der Waals surface area contributed by atoms with E-state index in [0.29, 0.717) is 0 Å². The molecule has 0 atom stereocenters. The van der Waals surface area contributed by atoms with E-state index in [9.17, 15) is 18.0 Å². The van der Waals surface area contributed by atoms with Crippen LogP contribution in [0.4, 0.5) is 18.9 Å². The van der Waals surface area contributed by atoms with Gasteiger partial charge >= 0.3 is 0 Å². The van der Waals surface area contributed by atoms with Crippen LogP contribution in [0.3, 0.4) is 0 Å². The number of halogens is 3. The van der Waals surface area contributed by atoms with Crippen molar-refractivity contribution in [1.29, 1.82) is 5.26 Å². The second-order valence-corrected chi connectivity index (χ2v) is 4.45. The number of nitriles is 1. The number of hydrogen-bond donors (Lipinski definition) is 2. The number of benzene rings is 1. The summed E-state index contributed by atoms with van der Waals surface area (Å²) in [5.41, 5.74) is -0.184. The number of pyridine rings is 1. The van der Waals surface area contributed by atoms with Gasteiger partial charge in [-0.2, -0.15) is 5.26 Å². The Kier molecular flexibility index (Phi) is 4.46. The van der Waals surface area contributed by atoms with Gasteiger partial charge in [-0.3, -0.25) is 9.78 Å². The molecule has 1 aromatic carbocycles. The lowest BCUT2D eigenvalue weighted by Gasteiger charge is -2.12. The predicted molar refractivity (Wildman–Crippen MR) is 73.5 cm³/mol. The van der Waals surface area contributed by atoms with Crippen LogP contribution in [0.25, 0.3) is 10.9 Å². The Labute approximate surface area is 123 Å². The predicted octanol–water partition coefficient (Wildman–Crippen LogP) is 2.07. The Hall–Kier alpha value is -2.82. The fraction of sp³-hybridized carbons (Fsp3) is 0.214. The average molecular weight is 308 g/mol. The molecule has 22 heavy (non-hydrogen) atoms. The van der Waals surface area contributed by atoms with E-state index in [1.165, 1.54) is 6.92 Å². The summed E-state index contributed by atoms with van der Waals surface area (Å²) in [4.78, 5) is 14.4. The van der Waals surface area contributed by atoms with Gasteiger partial charge in [-0.15, -0.1) is 0 Å². The van der Waals surface area contributed by atoms with Crippen molar-refractivity contribution in [3.05, 3.63) is 35.3 Å². The van der Waals surface area contributed by atoms with Crippen LogP contribution < -0.4 is 10.6 Å². The summed E-state index contributed by atoms with van der Waals surface area (Å²) >= 11 is 0. The molecule has 0 fully saturated rings. The quantitative estimate of drug-likeness (QED) is 0.669. The third-order valence-corrected chi connectivity index (χ3v) is 2.92. The van der Waals surface area contributed by atoms with E-state index < -0.39 is 17.5 Å². The van der Waals surface area contributed by atoms with Crippen molar-refractivity contribution in [2.75, 3.05) is 18.4 Å². The highest BCUT2D eigenvalue weighted by molar-refractivity contribution is 5.94. The number of anilines is 1. The zero-order valence-electron chi connectivity index (χ0n) is 11.5. The van der Waals surface area contributed by atoms with Gasteiger partial charge < -0.3 is 10.6 Å². The van der Waals surface area contributed by atoms with E-state index in [0.717, 1.165) is 12.3 Å². The molecular formula is C14H11F3N4O. The van der Waals surface area contributed by atoms with Crippen molar-refractivity contribution in [1.82, 2.24) is 10.3 Å². The molecule has 1 aromatic heterocycles. The monoisotopic (exact) mass is 308 g/mol. The number of aromatic nitrogens is 1. The summed E-state index contributed by atoms with van der Waals surface area (Å²) in [6.45, 7) is 1.81. The molecule has 0 saturated carbocycles. The highest BCUT2D eigenvalue weighted by atomic mass is 19.2. The smallest absolute Gasteiger partial charge is 0.216 e. The van der Waals surface area contributed by atoms with Gasteiger partial charge in [-0.1, -0.05) is 0 Å². The van der Waals surface area contributed by atoms with Gasteiger partial charge in [0.25, 0.3) is 0 Å². The maximum absolute atomic E-state index is 13.7. The molecule has 114 valence electrons. The number of carbonyl (C=O) groups excluding carboxylic acids is 1. The second-order valence-electron chi connectivity index (χ2n) is 4.45. The first-order chi connectivity index (χ1) is 10.5. The van der Waals surface area contributed by atoms with Gasteiger partial charge in [0.2, 0.25) is 5.91 Å². The molecule has 2 N–H and O–H groups in total. The van der Waals surface area contributed by atoms with Crippen LogP contribution >= 0.6 is 0 Å². The minimum absolute atomic E-state index is 0.0433. The number of fused-ring (bicyclic) bond motifs is 1. The summed E-state index contributed by atoms with van der Waals surface area (Å²) in [6, 6.07) is 2.62. The van der Waals surface area contributed by atoms with Crippen LogP contribution in [-0.4, -0.2) is 24.0 Å². The van der Waals surface area contributed by atoms with Crippen LogP contribution in [0, 0.1) is 28.8 Å². The molecule has 0 aliphatic heterocycles. The number of rotatable bonds is 4. The topological polar surface area (TPSA) is 77.8 Å². The van der Waals surface area contributed by atoms with Gasteiger partial charge in [0, 0.05) is 31.6 Å². The minimum atomic E-state index is -1.62. The highest BCUT2D eigenvalue weighted by Gasteiger charge is 2.18. The molecule has 5 nitrogen and oxygen atoms in total. The van der Waals surface area contributed by atoms with Crippen molar-refractivity contribution < 1.29 is 18.0 Å². The molecule has 1 heterocycles. The zero-order chi connectivity index (χ0) is 16.3. The maximum atomic E-state index is 13.7. The largest absolute Gasteiger partial charge is 0.382 e. The fourth-order valence-electron chi connectivity index (χ4n) is 1.94. The Morgan fingerprint density at radius 3 is 2.68 bits per heavy atom. The molecule has 2 rings (SSSR count). The molecule has 8 heteroatoms. The first kappa shape index (κ1) is 15.6. The average Bonchev–Trinajstić information content (AvgIpc) is 2.49. The number of carbonyl (C=O) groups is 1. The van der Waals surface area contributed by atoms with Gasteiger partial charge in [-0.25, -0.2) is 13.2 Å². The summed E-state index contributed by atoms with van der Waals surface area (Å²) in [6.07, 6.45) is 1.07. The van der Waals surface area contributed by atoms with Crippen LogP contribution in [-0.2, 0) is 4.79 Å². The number of hydrogen-bond acceptors (Lipinski definition) is 4. The molecule has 0 bridgehead atoms. The molecule has 0 aliphatic carbocycles. The van der Waals surface area contributed by atoms with E-state index >= 15 is 0 Å². The first-order valence-electron chi connectivity index (χ1n) is 6.30. The van der Waals surface area contributed by atoms with E-state index in [1.807, 2.05) is 6.07 Å². The lowest BCUT2D eigenvalue weighted by molar-refractivity contribution is -0.118. The van der Waals surface area contributed by atoms with Crippen molar-refractivity contribution in [2.45, 2.75) is 6.92 Å². The van der Waals surface area contributed by atoms with Crippen molar-refractivity contribution in [3.63, 3.8) is 0 Å². The summed E-state index contributed by atoms with van der Waals surface area (Å²) in [5.74, 6) is -4.63. The molecule has 0 saturated heterocycles. The fourth-order valence-corrected chi connectivity index (χ4v) is 1.94. The molecule has 2 aromatic rings. The molecule has 1 amide bonds. The molecular weight excluding hydrogens is 297 g/mol. The molecule has 0 radical (unpaired) electrons. The molecule has 0 unspecified atom stereocenters. The third kappa shape index (κ3) is 2.93. The summed E-state index contributed by atoms with van der Waals surface area (Å²) in [5, 5.41) is 14.3. The number of nitrogens with one attached hydrogen (secondary N) is 2. The normalized spacial score (nSPS) is 10.3. The van der Waals surface area contributed by atoms with E-state index in [2.05, 4.69) is 15.6 Å². The first-order valence-corrected chi connectivity index (χ1v) is 6.30. The number of nitrogens with zero attached hydrogens (tertiary/aromatic N) is 2. The summed E-state index contributed by atoms with van der Waals surface area (Å²) in [7, 11) is 0. The van der Waals surface area contributed by atoms with E-state index in [4.69, 9.17) is 5.26 Å². The SMILES string of the molecule is CC(=O)NCCNc1c(C#N)cnc2c(F)c(F)c(F)cc12. The minimum Gasteiger partial charge on any atom is -0.382 e. The Balaban J connectivity index is 2.46. The van der Waals surface area contributed by atoms with Crippen molar-refractivity contribution in [3.8, 4) is 6.07 Å². The van der Waals surface area contributed by atoms with Crippen LogP contribution in [0.1, 0.15) is 12.5 Å². The van der Waals surface area contributed by atoms with Crippen molar-refractivity contribution in [2.24, 2.45) is 0 Å². The summed E-state index contributed by atoms with van der Waals surface area (Å²) < 4.78 is 40.4. The second kappa shape index (κ2) is 6.30. The van der Waals surface area contributed by atoms with E-state index in [-0.39, 0.29) is 41.2 Å². The lowest BCUT2D eigenvalue weighted by atomic mass is 10.1. The Bertz CT molecular complexity index is 786. The van der Waals surface area contributed by atoms with Crippen LogP contribution in [0.2, 0.25) is 0 Å². The molecule has 0 spiro atoms. The van der Waals surface area contributed by atoms with Gasteiger partial charge in [0.15, 0.2) is 17.5 Å². The third-order valence-electron chi connectivity index (χ3n) is 2.92. The van der Waals surface area contributed by atoms with Crippen molar-refractivity contribution >= 4 is 22.5 Å². The maximum Gasteiger partial charge on any atom is 0.216 e. The zero-order valence-corrected chi connectivity index (χ0v) is 11.5.